The first-order chi connectivity index (χ1) is 12.9. The van der Waals surface area contributed by atoms with E-state index >= 15 is 0 Å². The van der Waals surface area contributed by atoms with Crippen molar-refractivity contribution >= 4 is 21.6 Å². The Hall–Kier alpha value is -2.22. The Morgan fingerprint density at radius 2 is 1.89 bits per heavy atom. The molecule has 6 nitrogen and oxygen atoms in total. The van der Waals surface area contributed by atoms with E-state index in [1.807, 2.05) is 30.3 Å². The van der Waals surface area contributed by atoms with Gasteiger partial charge in [0.1, 0.15) is 0 Å². The van der Waals surface area contributed by atoms with Crippen molar-refractivity contribution < 1.29 is 12.9 Å². The fraction of sp³-hybridized carbons (Fsp3) is 0.263. The third-order valence-corrected chi connectivity index (χ3v) is 7.11. The van der Waals surface area contributed by atoms with Crippen LogP contribution in [-0.4, -0.2) is 36.0 Å². The molecule has 0 bridgehead atoms. The second-order valence-corrected chi connectivity index (χ2v) is 8.91. The first-order valence-corrected chi connectivity index (χ1v) is 10.4. The summed E-state index contributed by atoms with van der Waals surface area (Å²) in [6, 6.07) is 14.8. The predicted octanol–water partition coefficient (Wildman–Crippen LogP) is 3.41. The lowest BCUT2D eigenvalue weighted by Gasteiger charge is -2.36. The Balaban J connectivity index is 1.44. The minimum Gasteiger partial charge on any atom is -0.339 e. The summed E-state index contributed by atoms with van der Waals surface area (Å²) in [6.45, 7) is 2.35. The molecule has 1 aliphatic heterocycles. The summed E-state index contributed by atoms with van der Waals surface area (Å²) in [6.07, 6.45) is 0.584. The van der Waals surface area contributed by atoms with Gasteiger partial charge in [-0.05, 0) is 30.2 Å². The average Bonchev–Trinajstić information content (AvgIpc) is 3.04. The van der Waals surface area contributed by atoms with Gasteiger partial charge in [-0.3, -0.25) is 0 Å². The van der Waals surface area contributed by atoms with Crippen molar-refractivity contribution in [3.63, 3.8) is 0 Å². The van der Waals surface area contributed by atoms with Gasteiger partial charge >= 0.3 is 0 Å². The van der Waals surface area contributed by atoms with E-state index < -0.39 is 10.0 Å². The third kappa shape index (κ3) is 3.50. The molecule has 2 aromatic carbocycles. The van der Waals surface area contributed by atoms with Crippen LogP contribution >= 0.6 is 11.6 Å². The van der Waals surface area contributed by atoms with Crippen LogP contribution in [0.2, 0.25) is 5.02 Å². The van der Waals surface area contributed by atoms with E-state index in [4.69, 9.17) is 16.1 Å². The molecule has 1 fully saturated rings. The van der Waals surface area contributed by atoms with Crippen LogP contribution in [0.4, 0.5) is 0 Å². The predicted molar refractivity (Wildman–Crippen MR) is 101 cm³/mol. The molecule has 4 rings (SSSR count). The molecular formula is C19H18ClN3O3S. The van der Waals surface area contributed by atoms with Gasteiger partial charge in [0.2, 0.25) is 15.9 Å². The molecule has 0 amide bonds. The van der Waals surface area contributed by atoms with Crippen LogP contribution in [-0.2, 0) is 16.4 Å². The first kappa shape index (κ1) is 18.2. The van der Waals surface area contributed by atoms with Crippen LogP contribution in [0.15, 0.2) is 57.9 Å². The van der Waals surface area contributed by atoms with Gasteiger partial charge in [-0.25, -0.2) is 8.42 Å². The largest absolute Gasteiger partial charge is 0.339 e. The van der Waals surface area contributed by atoms with E-state index in [2.05, 4.69) is 10.1 Å². The second-order valence-electron chi connectivity index (χ2n) is 6.59. The van der Waals surface area contributed by atoms with Crippen molar-refractivity contribution in [3.05, 3.63) is 76.4 Å². The lowest BCUT2D eigenvalue weighted by molar-refractivity contribution is 0.216. The average molecular weight is 404 g/mol. The minimum absolute atomic E-state index is 0.0868. The number of hydrogen-bond acceptors (Lipinski definition) is 5. The van der Waals surface area contributed by atoms with Gasteiger partial charge in [-0.1, -0.05) is 53.2 Å². The SMILES string of the molecule is Cc1c(Cl)cccc1S(=O)(=O)N1CC(c2nc(Cc3ccccc3)no2)C1. The first-order valence-electron chi connectivity index (χ1n) is 8.57. The molecule has 2 heterocycles. The summed E-state index contributed by atoms with van der Waals surface area (Å²) < 4.78 is 32.4. The molecule has 0 aliphatic carbocycles. The molecule has 3 aromatic rings. The van der Waals surface area contributed by atoms with E-state index in [1.165, 1.54) is 4.31 Å². The van der Waals surface area contributed by atoms with Crippen molar-refractivity contribution in [3.8, 4) is 0 Å². The maximum absolute atomic E-state index is 12.8. The zero-order valence-corrected chi connectivity index (χ0v) is 16.2. The molecule has 8 heteroatoms. The standard InChI is InChI=1S/C19H18ClN3O3S/c1-13-16(20)8-5-9-17(13)27(24,25)23-11-15(12-23)19-21-18(22-26-19)10-14-6-3-2-4-7-14/h2-9,15H,10-12H2,1H3. The maximum Gasteiger partial charge on any atom is 0.243 e. The molecule has 1 aromatic heterocycles. The highest BCUT2D eigenvalue weighted by atomic mass is 35.5. The molecule has 0 radical (unpaired) electrons. The Morgan fingerprint density at radius 3 is 2.63 bits per heavy atom. The van der Waals surface area contributed by atoms with Crippen molar-refractivity contribution in [2.45, 2.75) is 24.2 Å². The topological polar surface area (TPSA) is 76.3 Å². The smallest absolute Gasteiger partial charge is 0.243 e. The number of benzene rings is 2. The van der Waals surface area contributed by atoms with Gasteiger partial charge in [-0.15, -0.1) is 0 Å². The lowest BCUT2D eigenvalue weighted by atomic mass is 10.0. The minimum atomic E-state index is -3.58. The van der Waals surface area contributed by atoms with E-state index in [-0.39, 0.29) is 10.8 Å². The van der Waals surface area contributed by atoms with E-state index in [0.29, 0.717) is 41.8 Å². The number of rotatable bonds is 5. The maximum atomic E-state index is 12.8. The molecule has 0 N–H and O–H groups in total. The fourth-order valence-corrected chi connectivity index (χ4v) is 5.09. The number of hydrogen-bond donors (Lipinski definition) is 0. The Labute approximate surface area is 162 Å². The zero-order valence-electron chi connectivity index (χ0n) is 14.7. The summed E-state index contributed by atoms with van der Waals surface area (Å²) in [5.41, 5.74) is 1.66. The highest BCUT2D eigenvalue weighted by molar-refractivity contribution is 7.89. The number of nitrogens with zero attached hydrogens (tertiary/aromatic N) is 3. The molecular weight excluding hydrogens is 386 g/mol. The number of halogens is 1. The Kier molecular flexibility index (Phi) is 4.75. The zero-order chi connectivity index (χ0) is 19.0. The number of sulfonamides is 1. The molecule has 1 aliphatic rings. The Bertz CT molecular complexity index is 1060. The summed E-state index contributed by atoms with van der Waals surface area (Å²) in [5.74, 6) is 0.995. The molecule has 0 spiro atoms. The van der Waals surface area contributed by atoms with Crippen molar-refractivity contribution in [2.75, 3.05) is 13.1 Å². The van der Waals surface area contributed by atoms with Gasteiger partial charge in [0.25, 0.3) is 0 Å². The van der Waals surface area contributed by atoms with Gasteiger partial charge in [0, 0.05) is 24.5 Å². The van der Waals surface area contributed by atoms with Crippen LogP contribution in [0, 0.1) is 6.92 Å². The van der Waals surface area contributed by atoms with Gasteiger partial charge in [0.15, 0.2) is 5.82 Å². The Morgan fingerprint density at radius 1 is 1.15 bits per heavy atom. The molecule has 0 saturated carbocycles. The van der Waals surface area contributed by atoms with Crippen molar-refractivity contribution in [1.82, 2.24) is 14.4 Å². The normalized spacial score (nSPS) is 15.6. The highest BCUT2D eigenvalue weighted by Gasteiger charge is 2.41. The number of aromatic nitrogens is 2. The second kappa shape index (κ2) is 7.07. The third-order valence-electron chi connectivity index (χ3n) is 4.72. The molecule has 0 atom stereocenters. The van der Waals surface area contributed by atoms with E-state index in [1.54, 1.807) is 25.1 Å². The van der Waals surface area contributed by atoms with E-state index in [9.17, 15) is 8.42 Å². The molecule has 1 saturated heterocycles. The van der Waals surface area contributed by atoms with Gasteiger partial charge in [0.05, 0.1) is 10.8 Å². The molecule has 27 heavy (non-hydrogen) atoms. The monoisotopic (exact) mass is 403 g/mol. The van der Waals surface area contributed by atoms with Gasteiger partial charge < -0.3 is 4.52 Å². The molecule has 0 unspecified atom stereocenters. The molecule has 140 valence electrons. The lowest BCUT2D eigenvalue weighted by Crippen LogP contribution is -2.48. The summed E-state index contributed by atoms with van der Waals surface area (Å²) in [4.78, 5) is 4.67. The van der Waals surface area contributed by atoms with Crippen LogP contribution in [0.3, 0.4) is 0 Å². The van der Waals surface area contributed by atoms with Crippen molar-refractivity contribution in [2.24, 2.45) is 0 Å². The summed E-state index contributed by atoms with van der Waals surface area (Å²) in [5, 5.41) is 4.45. The fourth-order valence-electron chi connectivity index (χ4n) is 3.08. The van der Waals surface area contributed by atoms with Crippen LogP contribution in [0.1, 0.15) is 28.8 Å². The van der Waals surface area contributed by atoms with Crippen LogP contribution in [0.25, 0.3) is 0 Å². The summed E-state index contributed by atoms with van der Waals surface area (Å²) in [7, 11) is -3.58. The quantitative estimate of drug-likeness (QED) is 0.652. The summed E-state index contributed by atoms with van der Waals surface area (Å²) >= 11 is 6.06. The van der Waals surface area contributed by atoms with E-state index in [0.717, 1.165) is 5.56 Å². The van der Waals surface area contributed by atoms with Crippen LogP contribution < -0.4 is 0 Å². The van der Waals surface area contributed by atoms with Crippen LogP contribution in [0.5, 0.6) is 0 Å². The van der Waals surface area contributed by atoms with Gasteiger partial charge in [-0.2, -0.15) is 9.29 Å². The van der Waals surface area contributed by atoms with Crippen molar-refractivity contribution in [1.29, 1.82) is 0 Å². The highest BCUT2D eigenvalue weighted by Crippen LogP contribution is 2.33.